The SMILES string of the molecule is CCCCCCCCCCCCCCCCOOP(=O)(O)OCCCC. The van der Waals surface area contributed by atoms with Crippen molar-refractivity contribution in [2.45, 2.75) is 117 Å². The van der Waals surface area contributed by atoms with Crippen LogP contribution < -0.4 is 0 Å². The second-order valence-electron chi connectivity index (χ2n) is 7.15. The Morgan fingerprint density at radius 3 is 1.50 bits per heavy atom. The van der Waals surface area contributed by atoms with E-state index in [4.69, 9.17) is 9.41 Å². The van der Waals surface area contributed by atoms with Gasteiger partial charge in [0.2, 0.25) is 0 Å². The van der Waals surface area contributed by atoms with E-state index < -0.39 is 7.82 Å². The van der Waals surface area contributed by atoms with Gasteiger partial charge in [-0.2, -0.15) is 0 Å². The third kappa shape index (κ3) is 20.4. The molecule has 0 rings (SSSR count). The largest absolute Gasteiger partial charge is 0.499 e. The molecule has 5 nitrogen and oxygen atoms in total. The van der Waals surface area contributed by atoms with Crippen LogP contribution in [0, 0.1) is 0 Å². The summed E-state index contributed by atoms with van der Waals surface area (Å²) in [6, 6.07) is 0. The molecule has 0 aliphatic heterocycles. The van der Waals surface area contributed by atoms with Crippen LogP contribution in [0.25, 0.3) is 0 Å². The topological polar surface area (TPSA) is 65.0 Å². The fraction of sp³-hybridized carbons (Fsp3) is 1.00. The fourth-order valence-electron chi connectivity index (χ4n) is 2.81. The molecule has 0 fully saturated rings. The Morgan fingerprint density at radius 1 is 0.615 bits per heavy atom. The highest BCUT2D eigenvalue weighted by molar-refractivity contribution is 7.47. The molecule has 0 aromatic rings. The van der Waals surface area contributed by atoms with Crippen LogP contribution >= 0.6 is 7.82 Å². The van der Waals surface area contributed by atoms with Crippen molar-refractivity contribution >= 4 is 7.82 Å². The minimum atomic E-state index is -4.03. The molecule has 0 saturated carbocycles. The molecule has 0 bridgehead atoms. The van der Waals surface area contributed by atoms with Crippen molar-refractivity contribution in [1.82, 2.24) is 0 Å². The van der Waals surface area contributed by atoms with E-state index in [0.29, 0.717) is 6.61 Å². The van der Waals surface area contributed by atoms with Gasteiger partial charge in [0, 0.05) is 0 Å². The van der Waals surface area contributed by atoms with Gasteiger partial charge in [-0.15, -0.1) is 4.67 Å². The summed E-state index contributed by atoms with van der Waals surface area (Å²) in [5.74, 6) is 0. The van der Waals surface area contributed by atoms with Crippen molar-refractivity contribution in [1.29, 1.82) is 0 Å². The lowest BCUT2D eigenvalue weighted by molar-refractivity contribution is -0.225. The Bertz CT molecular complexity index is 325. The van der Waals surface area contributed by atoms with Gasteiger partial charge in [0.05, 0.1) is 13.2 Å². The molecule has 1 atom stereocenters. The first-order chi connectivity index (χ1) is 12.6. The summed E-state index contributed by atoms with van der Waals surface area (Å²) in [6.45, 7) is 4.80. The van der Waals surface area contributed by atoms with Crippen molar-refractivity contribution in [3.8, 4) is 0 Å². The first-order valence-electron chi connectivity index (χ1n) is 10.9. The van der Waals surface area contributed by atoms with E-state index in [1.54, 1.807) is 0 Å². The zero-order chi connectivity index (χ0) is 19.3. The predicted octanol–water partition coefficient (Wildman–Crippen LogP) is 7.33. The molecule has 0 heterocycles. The lowest BCUT2D eigenvalue weighted by Crippen LogP contribution is -1.99. The number of phosphoric ester groups is 1. The normalized spacial score (nSPS) is 13.8. The summed E-state index contributed by atoms with van der Waals surface area (Å²) in [5, 5.41) is 0. The minimum Gasteiger partial charge on any atom is -0.301 e. The van der Waals surface area contributed by atoms with Crippen molar-refractivity contribution in [2.75, 3.05) is 13.2 Å². The maximum Gasteiger partial charge on any atom is 0.499 e. The number of phosphoric acid groups is 1. The number of rotatable bonds is 21. The van der Waals surface area contributed by atoms with Gasteiger partial charge >= 0.3 is 7.82 Å². The van der Waals surface area contributed by atoms with Gasteiger partial charge in [-0.05, 0) is 12.8 Å². The predicted molar refractivity (Wildman–Crippen MR) is 108 cm³/mol. The molecule has 158 valence electrons. The van der Waals surface area contributed by atoms with Crippen LogP contribution in [0.4, 0.5) is 0 Å². The van der Waals surface area contributed by atoms with Gasteiger partial charge in [0.25, 0.3) is 0 Å². The Labute approximate surface area is 161 Å². The third-order valence-corrected chi connectivity index (χ3v) is 5.28. The Morgan fingerprint density at radius 2 is 1.04 bits per heavy atom. The first-order valence-corrected chi connectivity index (χ1v) is 12.4. The van der Waals surface area contributed by atoms with Crippen LogP contribution in [0.5, 0.6) is 0 Å². The summed E-state index contributed by atoms with van der Waals surface area (Å²) < 4.78 is 20.7. The summed E-state index contributed by atoms with van der Waals surface area (Å²) in [6.07, 6.45) is 19.7. The fourth-order valence-corrected chi connectivity index (χ4v) is 3.42. The van der Waals surface area contributed by atoms with Crippen molar-refractivity contribution in [2.24, 2.45) is 0 Å². The Kier molecular flexibility index (Phi) is 19.9. The first kappa shape index (κ1) is 26.1. The standard InChI is InChI=1S/C20H43O5P/c1-3-5-7-8-9-10-11-12-13-14-15-16-17-18-19-23-25-26(21,22)24-20-6-4-2/h3-20H2,1-2H3,(H,21,22). The molecule has 0 saturated heterocycles. The molecule has 0 aromatic heterocycles. The average molecular weight is 395 g/mol. The quantitative estimate of drug-likeness (QED) is 0.0955. The third-order valence-electron chi connectivity index (χ3n) is 4.48. The van der Waals surface area contributed by atoms with E-state index in [1.807, 2.05) is 6.92 Å². The van der Waals surface area contributed by atoms with Crippen LogP contribution in [0.3, 0.4) is 0 Å². The lowest BCUT2D eigenvalue weighted by Gasteiger charge is -2.10. The Hall–Kier alpha value is 0.0700. The van der Waals surface area contributed by atoms with Crippen molar-refractivity contribution in [3.63, 3.8) is 0 Å². The van der Waals surface area contributed by atoms with E-state index in [2.05, 4.69) is 11.6 Å². The maximum absolute atomic E-state index is 11.4. The summed E-state index contributed by atoms with van der Waals surface area (Å²) in [7, 11) is -4.03. The smallest absolute Gasteiger partial charge is 0.301 e. The molecule has 26 heavy (non-hydrogen) atoms. The highest BCUT2D eigenvalue weighted by Gasteiger charge is 2.21. The van der Waals surface area contributed by atoms with Crippen LogP contribution in [0.1, 0.15) is 117 Å². The van der Waals surface area contributed by atoms with Gasteiger partial charge in [-0.25, -0.2) is 9.45 Å². The molecule has 0 aliphatic carbocycles. The minimum absolute atomic E-state index is 0.215. The van der Waals surface area contributed by atoms with E-state index in [1.165, 1.54) is 77.0 Å². The maximum atomic E-state index is 11.4. The molecular formula is C20H43O5P. The zero-order valence-corrected chi connectivity index (χ0v) is 18.1. The van der Waals surface area contributed by atoms with Gasteiger partial charge in [-0.3, -0.25) is 4.52 Å². The average Bonchev–Trinajstić information content (AvgIpc) is 2.61. The highest BCUT2D eigenvalue weighted by Crippen LogP contribution is 2.43. The molecule has 1 N–H and O–H groups in total. The number of unbranched alkanes of at least 4 members (excludes halogenated alkanes) is 14. The summed E-state index contributed by atoms with van der Waals surface area (Å²) >= 11 is 0. The number of hydrogen-bond donors (Lipinski definition) is 1. The lowest BCUT2D eigenvalue weighted by atomic mass is 10.0. The Balaban J connectivity index is 3.18. The molecule has 0 spiro atoms. The van der Waals surface area contributed by atoms with Gasteiger partial charge in [0.15, 0.2) is 0 Å². The van der Waals surface area contributed by atoms with E-state index in [-0.39, 0.29) is 6.61 Å². The van der Waals surface area contributed by atoms with Crippen LogP contribution in [-0.4, -0.2) is 18.1 Å². The summed E-state index contributed by atoms with van der Waals surface area (Å²) in [5.41, 5.74) is 0. The molecule has 0 radical (unpaired) electrons. The molecular weight excluding hydrogens is 351 g/mol. The second kappa shape index (κ2) is 19.8. The van der Waals surface area contributed by atoms with Crippen LogP contribution in [0.2, 0.25) is 0 Å². The molecule has 0 amide bonds. The second-order valence-corrected chi connectivity index (χ2v) is 8.49. The zero-order valence-electron chi connectivity index (χ0n) is 17.3. The van der Waals surface area contributed by atoms with Crippen molar-refractivity contribution < 1.29 is 23.5 Å². The van der Waals surface area contributed by atoms with E-state index in [9.17, 15) is 9.46 Å². The highest BCUT2D eigenvalue weighted by atomic mass is 31.2. The van der Waals surface area contributed by atoms with E-state index >= 15 is 0 Å². The molecule has 6 heteroatoms. The van der Waals surface area contributed by atoms with E-state index in [0.717, 1.165) is 25.7 Å². The molecule has 1 unspecified atom stereocenters. The van der Waals surface area contributed by atoms with Crippen LogP contribution in [0.15, 0.2) is 0 Å². The monoisotopic (exact) mass is 394 g/mol. The van der Waals surface area contributed by atoms with Crippen LogP contribution in [-0.2, 0) is 18.7 Å². The van der Waals surface area contributed by atoms with Gasteiger partial charge in [0.1, 0.15) is 0 Å². The molecule has 0 aromatic carbocycles. The van der Waals surface area contributed by atoms with Gasteiger partial charge in [-0.1, -0.05) is 104 Å². The summed E-state index contributed by atoms with van der Waals surface area (Å²) in [4.78, 5) is 14.1. The van der Waals surface area contributed by atoms with Gasteiger partial charge < -0.3 is 4.89 Å². The molecule has 0 aliphatic rings. The van der Waals surface area contributed by atoms with Crippen molar-refractivity contribution in [3.05, 3.63) is 0 Å². The number of hydrogen-bond acceptors (Lipinski definition) is 4.